The average Bonchev–Trinajstić information content (AvgIpc) is 3.14. The zero-order chi connectivity index (χ0) is 26.1. The van der Waals surface area contributed by atoms with Crippen molar-refractivity contribution >= 4 is 55.2 Å². The van der Waals surface area contributed by atoms with Crippen molar-refractivity contribution in [2.45, 2.75) is 26.8 Å². The quantitative estimate of drug-likeness (QED) is 0.369. The van der Waals surface area contributed by atoms with Crippen molar-refractivity contribution in [1.82, 2.24) is 4.57 Å². The number of carbonyl (C=O) groups is 1. The Labute approximate surface area is 229 Å². The maximum absolute atomic E-state index is 13.8. The van der Waals surface area contributed by atoms with Gasteiger partial charge in [0, 0.05) is 8.95 Å². The van der Waals surface area contributed by atoms with Crippen molar-refractivity contribution < 1.29 is 19.0 Å². The van der Waals surface area contributed by atoms with Gasteiger partial charge < -0.3 is 14.2 Å². The second-order valence-corrected chi connectivity index (χ2v) is 10.8. The Balaban J connectivity index is 2.01. The van der Waals surface area contributed by atoms with Crippen LogP contribution in [0.1, 0.15) is 36.6 Å². The first-order valence-corrected chi connectivity index (χ1v) is 13.5. The van der Waals surface area contributed by atoms with Gasteiger partial charge in [0.25, 0.3) is 5.56 Å². The number of fused-ring (bicyclic) bond motifs is 1. The fourth-order valence-corrected chi connectivity index (χ4v) is 6.00. The van der Waals surface area contributed by atoms with Gasteiger partial charge in [0.05, 0.1) is 42.7 Å². The molecule has 0 fully saturated rings. The van der Waals surface area contributed by atoms with Crippen LogP contribution in [0.25, 0.3) is 6.08 Å². The maximum Gasteiger partial charge on any atom is 0.338 e. The third-order valence-electron chi connectivity index (χ3n) is 5.81. The van der Waals surface area contributed by atoms with Crippen molar-refractivity contribution in [2.24, 2.45) is 4.99 Å². The molecule has 2 aromatic carbocycles. The minimum absolute atomic E-state index is 0.197. The summed E-state index contributed by atoms with van der Waals surface area (Å²) >= 11 is 8.43. The first-order chi connectivity index (χ1) is 17.2. The summed E-state index contributed by atoms with van der Waals surface area (Å²) in [6.07, 6.45) is 1.83. The second kappa shape index (κ2) is 10.7. The number of halogens is 2. The maximum atomic E-state index is 13.8. The third kappa shape index (κ3) is 4.81. The molecule has 0 bridgehead atoms. The van der Waals surface area contributed by atoms with Gasteiger partial charge in [-0.2, -0.15) is 0 Å². The van der Waals surface area contributed by atoms with E-state index in [2.05, 4.69) is 36.9 Å². The van der Waals surface area contributed by atoms with E-state index in [1.54, 1.807) is 37.7 Å². The molecule has 4 rings (SSSR count). The van der Waals surface area contributed by atoms with E-state index in [0.717, 1.165) is 15.6 Å². The number of allylic oxidation sites excluding steroid dienone is 1. The standard InChI is InChI=1S/C26H24Br2N2O5S/c1-6-35-25(32)22-14(3)29-26-30(23(22)16-11-19(33-4)20(34-5)12-18(16)28)24(31)21(36-26)10-15-8-7-13(2)17(27)9-15/h7-12,23H,6H2,1-5H3/b21-10-/t23-/m1/s1. The Morgan fingerprint density at radius 3 is 2.44 bits per heavy atom. The van der Waals surface area contributed by atoms with Crippen LogP contribution in [0.4, 0.5) is 0 Å². The number of hydrogen-bond donors (Lipinski definition) is 0. The molecule has 0 spiro atoms. The number of hydrogen-bond acceptors (Lipinski definition) is 7. The van der Waals surface area contributed by atoms with Crippen LogP contribution in [0.2, 0.25) is 0 Å². The number of rotatable bonds is 6. The monoisotopic (exact) mass is 634 g/mol. The molecule has 0 radical (unpaired) electrons. The van der Waals surface area contributed by atoms with Crippen molar-refractivity contribution in [3.63, 3.8) is 0 Å². The van der Waals surface area contributed by atoms with Crippen molar-refractivity contribution in [1.29, 1.82) is 0 Å². The zero-order valence-electron chi connectivity index (χ0n) is 20.3. The summed E-state index contributed by atoms with van der Waals surface area (Å²) in [5, 5.41) is 0. The van der Waals surface area contributed by atoms with E-state index in [4.69, 9.17) is 14.2 Å². The molecule has 1 aliphatic rings. The molecule has 0 unspecified atom stereocenters. The molecular weight excluding hydrogens is 612 g/mol. The largest absolute Gasteiger partial charge is 0.493 e. The predicted octanol–water partition coefficient (Wildman–Crippen LogP) is 4.65. The van der Waals surface area contributed by atoms with Crippen LogP contribution < -0.4 is 24.4 Å². The molecule has 0 saturated carbocycles. The van der Waals surface area contributed by atoms with Crippen LogP contribution in [-0.2, 0) is 9.53 Å². The molecule has 1 atom stereocenters. The van der Waals surface area contributed by atoms with E-state index in [-0.39, 0.29) is 12.2 Å². The van der Waals surface area contributed by atoms with E-state index in [1.807, 2.05) is 31.2 Å². The number of benzene rings is 2. The molecule has 0 aliphatic carbocycles. The normalized spacial score (nSPS) is 15.4. The SMILES string of the molecule is CCOC(=O)C1=C(C)N=c2s/c(=C\c3ccc(C)c(Br)c3)c(=O)n2[C@@H]1c1cc(OC)c(OC)cc1Br. The van der Waals surface area contributed by atoms with Gasteiger partial charge >= 0.3 is 5.97 Å². The molecule has 1 aliphatic heterocycles. The van der Waals surface area contributed by atoms with Gasteiger partial charge in [-0.15, -0.1) is 0 Å². The van der Waals surface area contributed by atoms with Gasteiger partial charge in [-0.1, -0.05) is 55.3 Å². The zero-order valence-corrected chi connectivity index (χ0v) is 24.3. The number of aryl methyl sites for hydroxylation is 1. The highest BCUT2D eigenvalue weighted by atomic mass is 79.9. The summed E-state index contributed by atoms with van der Waals surface area (Å²) in [4.78, 5) is 32.1. The number of methoxy groups -OCH3 is 2. The predicted molar refractivity (Wildman–Crippen MR) is 147 cm³/mol. The van der Waals surface area contributed by atoms with Gasteiger partial charge in [0.15, 0.2) is 16.3 Å². The van der Waals surface area contributed by atoms with E-state index in [0.29, 0.717) is 42.1 Å². The van der Waals surface area contributed by atoms with Crippen LogP contribution in [0.3, 0.4) is 0 Å². The molecule has 0 N–H and O–H groups in total. The summed E-state index contributed by atoms with van der Waals surface area (Å²) in [6, 6.07) is 8.65. The van der Waals surface area contributed by atoms with E-state index in [9.17, 15) is 9.59 Å². The number of carbonyl (C=O) groups excluding carboxylic acids is 1. The van der Waals surface area contributed by atoms with Gasteiger partial charge in [0.1, 0.15) is 0 Å². The van der Waals surface area contributed by atoms with Crippen LogP contribution in [-0.4, -0.2) is 31.4 Å². The number of esters is 1. The molecule has 188 valence electrons. The van der Waals surface area contributed by atoms with Crippen LogP contribution in [0.15, 0.2) is 60.3 Å². The van der Waals surface area contributed by atoms with E-state index in [1.165, 1.54) is 18.4 Å². The molecule has 0 amide bonds. The molecular formula is C26H24Br2N2O5S. The lowest BCUT2D eigenvalue weighted by Crippen LogP contribution is -2.40. The second-order valence-electron chi connectivity index (χ2n) is 8.04. The Bertz CT molecular complexity index is 1570. The van der Waals surface area contributed by atoms with Crippen LogP contribution >= 0.6 is 43.2 Å². The third-order valence-corrected chi connectivity index (χ3v) is 8.33. The first kappa shape index (κ1) is 26.4. The number of aromatic nitrogens is 1. The minimum atomic E-state index is -0.776. The lowest BCUT2D eigenvalue weighted by molar-refractivity contribution is -0.139. The van der Waals surface area contributed by atoms with Crippen LogP contribution in [0.5, 0.6) is 11.5 Å². The average molecular weight is 636 g/mol. The van der Waals surface area contributed by atoms with Crippen molar-refractivity contribution in [3.8, 4) is 11.5 Å². The molecule has 2 heterocycles. The highest BCUT2D eigenvalue weighted by Gasteiger charge is 2.35. The molecule has 36 heavy (non-hydrogen) atoms. The van der Waals surface area contributed by atoms with Gasteiger partial charge in [-0.3, -0.25) is 9.36 Å². The summed E-state index contributed by atoms with van der Waals surface area (Å²) < 4.78 is 20.0. The lowest BCUT2D eigenvalue weighted by Gasteiger charge is -2.26. The summed E-state index contributed by atoms with van der Waals surface area (Å²) in [7, 11) is 3.08. The van der Waals surface area contributed by atoms with E-state index < -0.39 is 12.0 Å². The fraction of sp³-hybridized carbons (Fsp3) is 0.269. The van der Waals surface area contributed by atoms with Gasteiger partial charge in [0.2, 0.25) is 0 Å². The topological polar surface area (TPSA) is 79.1 Å². The van der Waals surface area contributed by atoms with Crippen molar-refractivity contribution in [3.05, 3.63) is 86.9 Å². The molecule has 0 saturated heterocycles. The molecule has 3 aromatic rings. The molecule has 1 aromatic heterocycles. The summed E-state index contributed by atoms with van der Waals surface area (Å²) in [5.74, 6) is 0.464. The number of nitrogens with zero attached hydrogens (tertiary/aromatic N) is 2. The van der Waals surface area contributed by atoms with Crippen molar-refractivity contribution in [2.75, 3.05) is 20.8 Å². The Kier molecular flexibility index (Phi) is 7.87. The highest BCUT2D eigenvalue weighted by Crippen LogP contribution is 2.40. The summed E-state index contributed by atoms with van der Waals surface area (Å²) in [6.45, 7) is 5.69. The molecule has 7 nitrogen and oxygen atoms in total. The Hall–Kier alpha value is -2.69. The van der Waals surface area contributed by atoms with Gasteiger partial charge in [-0.05, 0) is 61.7 Å². The highest BCUT2D eigenvalue weighted by molar-refractivity contribution is 9.10. The fourth-order valence-electron chi connectivity index (χ4n) is 4.02. The summed E-state index contributed by atoms with van der Waals surface area (Å²) in [5.41, 5.74) is 3.16. The minimum Gasteiger partial charge on any atom is -0.493 e. The Morgan fingerprint density at radius 1 is 1.11 bits per heavy atom. The van der Waals surface area contributed by atoms with Gasteiger partial charge in [-0.25, -0.2) is 9.79 Å². The number of ether oxygens (including phenoxy) is 3. The number of thiazole rings is 1. The van der Waals surface area contributed by atoms with Crippen LogP contribution in [0, 0.1) is 6.92 Å². The smallest absolute Gasteiger partial charge is 0.338 e. The first-order valence-electron chi connectivity index (χ1n) is 11.1. The van der Waals surface area contributed by atoms with E-state index >= 15 is 0 Å². The Morgan fingerprint density at radius 2 is 1.81 bits per heavy atom. The lowest BCUT2D eigenvalue weighted by atomic mass is 9.95. The molecule has 10 heteroatoms.